The van der Waals surface area contributed by atoms with E-state index >= 15 is 0 Å². The van der Waals surface area contributed by atoms with Crippen molar-refractivity contribution in [3.8, 4) is 0 Å². The van der Waals surface area contributed by atoms with Gasteiger partial charge >= 0.3 is 5.97 Å². The Hall–Kier alpha value is -0.530. The number of carbonyl (C=O) groups excluding carboxylic acids is 1. The predicted octanol–water partition coefficient (Wildman–Crippen LogP) is 4.03. The summed E-state index contributed by atoms with van der Waals surface area (Å²) in [6.07, 6.45) is 4.07. The Balaban J connectivity index is 2.43. The van der Waals surface area contributed by atoms with Gasteiger partial charge in [-0.2, -0.15) is 0 Å². The minimum atomic E-state index is -0.361. The summed E-state index contributed by atoms with van der Waals surface area (Å²) in [5, 5.41) is 8.29. The molecule has 1 aromatic heterocycles. The summed E-state index contributed by atoms with van der Waals surface area (Å²) in [6, 6.07) is 0. The predicted molar refractivity (Wildman–Crippen MR) is 86.6 cm³/mol. The fourth-order valence-corrected chi connectivity index (χ4v) is 4.39. The second-order valence-corrected chi connectivity index (χ2v) is 7.63. The van der Waals surface area contributed by atoms with Crippen molar-refractivity contribution >= 4 is 40.8 Å². The van der Waals surface area contributed by atoms with Crippen molar-refractivity contribution in [2.24, 2.45) is 0 Å². The van der Waals surface area contributed by atoms with Gasteiger partial charge in [-0.15, -0.1) is 10.2 Å². The summed E-state index contributed by atoms with van der Waals surface area (Å²) in [4.78, 5) is 11.3. The minimum absolute atomic E-state index is 0.0915. The Bertz CT molecular complexity index is 424. The van der Waals surface area contributed by atoms with Crippen molar-refractivity contribution in [2.45, 2.75) is 47.9 Å². The topological polar surface area (TPSA) is 52.1 Å². The molecule has 1 heterocycles. The molecule has 0 spiro atoms. The molecular weight excluding hydrogens is 312 g/mol. The zero-order valence-electron chi connectivity index (χ0n) is 11.8. The maximum Gasteiger partial charge on any atom is 0.330 e. The molecule has 20 heavy (non-hydrogen) atoms. The SMILES string of the molecule is C=CC(=O)OC(CCC)CSc1nnc(SCCC)s1. The van der Waals surface area contributed by atoms with Crippen LogP contribution in [-0.4, -0.2) is 33.8 Å². The first-order valence-electron chi connectivity index (χ1n) is 6.61. The van der Waals surface area contributed by atoms with E-state index in [2.05, 4.69) is 30.6 Å². The molecule has 1 rings (SSSR count). The molecule has 0 aliphatic carbocycles. The third kappa shape index (κ3) is 6.76. The highest BCUT2D eigenvalue weighted by Crippen LogP contribution is 2.30. The first-order chi connectivity index (χ1) is 9.69. The molecule has 0 bridgehead atoms. The molecule has 0 amide bonds. The Morgan fingerprint density at radius 2 is 2.05 bits per heavy atom. The zero-order valence-corrected chi connectivity index (χ0v) is 14.3. The van der Waals surface area contributed by atoms with Gasteiger partial charge < -0.3 is 4.74 Å². The van der Waals surface area contributed by atoms with Crippen LogP contribution in [0.15, 0.2) is 21.3 Å². The van der Waals surface area contributed by atoms with Gasteiger partial charge in [0.1, 0.15) is 6.10 Å². The lowest BCUT2D eigenvalue weighted by molar-refractivity contribution is -0.142. The van der Waals surface area contributed by atoms with Crippen molar-refractivity contribution in [3.63, 3.8) is 0 Å². The summed E-state index contributed by atoms with van der Waals surface area (Å²) in [7, 11) is 0. The number of thioether (sulfide) groups is 2. The fourth-order valence-electron chi connectivity index (χ4n) is 1.38. The van der Waals surface area contributed by atoms with Crippen LogP contribution in [0.5, 0.6) is 0 Å². The fraction of sp³-hybridized carbons (Fsp3) is 0.615. The van der Waals surface area contributed by atoms with Gasteiger partial charge in [0.25, 0.3) is 0 Å². The highest BCUT2D eigenvalue weighted by molar-refractivity contribution is 8.03. The van der Waals surface area contributed by atoms with E-state index in [1.54, 1.807) is 34.9 Å². The number of aromatic nitrogens is 2. The van der Waals surface area contributed by atoms with Crippen molar-refractivity contribution in [2.75, 3.05) is 11.5 Å². The number of carbonyl (C=O) groups is 1. The van der Waals surface area contributed by atoms with Crippen LogP contribution in [0.1, 0.15) is 33.1 Å². The average Bonchev–Trinajstić information content (AvgIpc) is 2.90. The summed E-state index contributed by atoms with van der Waals surface area (Å²) >= 11 is 4.93. The van der Waals surface area contributed by atoms with Gasteiger partial charge in [-0.25, -0.2) is 4.79 Å². The molecule has 0 N–H and O–H groups in total. The molecule has 1 atom stereocenters. The molecular formula is C13H20N2O2S3. The normalized spacial score (nSPS) is 12.1. The van der Waals surface area contributed by atoms with Crippen LogP contribution in [-0.2, 0) is 9.53 Å². The number of ether oxygens (including phenoxy) is 1. The number of hydrogen-bond acceptors (Lipinski definition) is 7. The standard InChI is InChI=1S/C13H20N2O2S3/c1-4-7-10(17-11(16)6-3)9-19-13-15-14-12(20-13)18-8-5-2/h6,10H,3-5,7-9H2,1-2H3. The molecule has 0 aliphatic heterocycles. The number of rotatable bonds is 10. The third-order valence-corrected chi connectivity index (χ3v) is 5.80. The van der Waals surface area contributed by atoms with Gasteiger partial charge in [-0.1, -0.05) is 61.7 Å². The lowest BCUT2D eigenvalue weighted by Gasteiger charge is -2.14. The Labute approximate surface area is 132 Å². The highest BCUT2D eigenvalue weighted by atomic mass is 32.2. The molecule has 1 unspecified atom stereocenters. The van der Waals surface area contributed by atoms with Crippen LogP contribution < -0.4 is 0 Å². The van der Waals surface area contributed by atoms with E-state index in [9.17, 15) is 4.79 Å². The van der Waals surface area contributed by atoms with Crippen LogP contribution in [0.3, 0.4) is 0 Å². The van der Waals surface area contributed by atoms with Crippen molar-refractivity contribution in [3.05, 3.63) is 12.7 Å². The summed E-state index contributed by atoms with van der Waals surface area (Å²) in [5.41, 5.74) is 0. The van der Waals surface area contributed by atoms with Crippen LogP contribution in [0, 0.1) is 0 Å². The molecule has 0 aliphatic rings. The van der Waals surface area contributed by atoms with Gasteiger partial charge in [-0.3, -0.25) is 0 Å². The Morgan fingerprint density at radius 3 is 2.65 bits per heavy atom. The van der Waals surface area contributed by atoms with Crippen LogP contribution in [0.2, 0.25) is 0 Å². The number of hydrogen-bond donors (Lipinski definition) is 0. The molecule has 4 nitrogen and oxygen atoms in total. The number of nitrogens with zero attached hydrogens (tertiary/aromatic N) is 2. The van der Waals surface area contributed by atoms with Crippen LogP contribution in [0.25, 0.3) is 0 Å². The Kier molecular flexibility index (Phi) is 8.97. The Morgan fingerprint density at radius 1 is 1.35 bits per heavy atom. The lowest BCUT2D eigenvalue weighted by atomic mass is 10.2. The van der Waals surface area contributed by atoms with Gasteiger partial charge in [0.2, 0.25) is 0 Å². The molecule has 7 heteroatoms. The smallest absolute Gasteiger partial charge is 0.330 e. The van der Waals surface area contributed by atoms with E-state index in [4.69, 9.17) is 4.74 Å². The van der Waals surface area contributed by atoms with E-state index in [0.717, 1.165) is 33.7 Å². The van der Waals surface area contributed by atoms with Crippen LogP contribution in [0.4, 0.5) is 0 Å². The number of esters is 1. The van der Waals surface area contributed by atoms with Gasteiger partial charge in [0.15, 0.2) is 8.68 Å². The quantitative estimate of drug-likeness (QED) is 0.366. The molecule has 0 saturated carbocycles. The molecule has 0 saturated heterocycles. The second-order valence-electron chi connectivity index (χ2n) is 4.05. The van der Waals surface area contributed by atoms with E-state index < -0.39 is 0 Å². The average molecular weight is 333 g/mol. The molecule has 1 aromatic rings. The maximum atomic E-state index is 11.3. The first-order valence-corrected chi connectivity index (χ1v) is 9.40. The maximum absolute atomic E-state index is 11.3. The van der Waals surface area contributed by atoms with E-state index in [-0.39, 0.29) is 12.1 Å². The van der Waals surface area contributed by atoms with Crippen molar-refractivity contribution in [1.29, 1.82) is 0 Å². The third-order valence-electron chi connectivity index (χ3n) is 2.27. The summed E-state index contributed by atoms with van der Waals surface area (Å²) < 4.78 is 7.24. The van der Waals surface area contributed by atoms with Gasteiger partial charge in [0, 0.05) is 17.6 Å². The minimum Gasteiger partial charge on any atom is -0.458 e. The molecule has 0 aromatic carbocycles. The van der Waals surface area contributed by atoms with Crippen LogP contribution >= 0.6 is 34.9 Å². The largest absolute Gasteiger partial charge is 0.458 e. The van der Waals surface area contributed by atoms with Gasteiger partial charge in [-0.05, 0) is 12.8 Å². The lowest BCUT2D eigenvalue weighted by Crippen LogP contribution is -2.19. The zero-order chi connectivity index (χ0) is 14.8. The van der Waals surface area contributed by atoms with E-state index in [1.165, 1.54) is 6.08 Å². The second kappa shape index (κ2) is 10.2. The molecule has 112 valence electrons. The van der Waals surface area contributed by atoms with Crippen molar-refractivity contribution in [1.82, 2.24) is 10.2 Å². The highest BCUT2D eigenvalue weighted by Gasteiger charge is 2.14. The monoisotopic (exact) mass is 332 g/mol. The first kappa shape index (κ1) is 17.5. The summed E-state index contributed by atoms with van der Waals surface area (Å²) in [5.74, 6) is 1.41. The molecule has 0 radical (unpaired) electrons. The summed E-state index contributed by atoms with van der Waals surface area (Å²) in [6.45, 7) is 7.64. The van der Waals surface area contributed by atoms with Gasteiger partial charge in [0.05, 0.1) is 0 Å². The van der Waals surface area contributed by atoms with E-state index in [0.29, 0.717) is 5.75 Å². The molecule has 0 fully saturated rings. The van der Waals surface area contributed by atoms with E-state index in [1.807, 2.05) is 0 Å². The van der Waals surface area contributed by atoms with Crippen molar-refractivity contribution < 1.29 is 9.53 Å².